The molecule has 5 nitrogen and oxygen atoms in total. The zero-order valence-electron chi connectivity index (χ0n) is 13.9. The van der Waals surface area contributed by atoms with E-state index in [1.54, 1.807) is 11.3 Å². The van der Waals surface area contributed by atoms with Gasteiger partial charge in [-0.15, -0.1) is 22.7 Å². The van der Waals surface area contributed by atoms with Gasteiger partial charge in [-0.05, 0) is 32.6 Å². The average Bonchev–Trinajstić information content (AvgIpc) is 3.13. The number of guanidine groups is 1. The van der Waals surface area contributed by atoms with Gasteiger partial charge < -0.3 is 10.2 Å². The van der Waals surface area contributed by atoms with Gasteiger partial charge in [0.15, 0.2) is 5.96 Å². The molecule has 124 valence electrons. The summed E-state index contributed by atoms with van der Waals surface area (Å²) in [6, 6.07) is 0. The molecule has 0 unspecified atom stereocenters. The zero-order chi connectivity index (χ0) is 16.2. The van der Waals surface area contributed by atoms with Gasteiger partial charge in [0.05, 0.1) is 18.8 Å². The number of aryl methyl sites for hydroxylation is 3. The van der Waals surface area contributed by atoms with E-state index in [0.717, 1.165) is 23.9 Å². The highest BCUT2D eigenvalue weighted by Crippen LogP contribution is 2.27. The lowest BCUT2D eigenvalue weighted by Gasteiger charge is -2.20. The van der Waals surface area contributed by atoms with Crippen LogP contribution in [0.4, 0.5) is 0 Å². The van der Waals surface area contributed by atoms with Gasteiger partial charge in [-0.1, -0.05) is 0 Å². The van der Waals surface area contributed by atoms with Gasteiger partial charge in [-0.25, -0.2) is 9.97 Å². The van der Waals surface area contributed by atoms with E-state index in [0.29, 0.717) is 6.54 Å². The third-order valence-electron chi connectivity index (χ3n) is 3.90. The molecule has 0 aromatic carbocycles. The van der Waals surface area contributed by atoms with Crippen LogP contribution in [0, 0.1) is 6.92 Å². The summed E-state index contributed by atoms with van der Waals surface area (Å²) in [5.74, 6) is 0.881. The lowest BCUT2D eigenvalue weighted by atomic mass is 10.0. The Bertz CT molecular complexity index is 665. The van der Waals surface area contributed by atoms with Crippen LogP contribution in [-0.2, 0) is 25.9 Å². The molecular formula is C16H23N5S2. The molecule has 0 saturated carbocycles. The lowest BCUT2D eigenvalue weighted by molar-refractivity contribution is 0.474. The number of fused-ring (bicyclic) bond motifs is 1. The van der Waals surface area contributed by atoms with Crippen LogP contribution in [0.25, 0.3) is 0 Å². The van der Waals surface area contributed by atoms with Crippen molar-refractivity contribution in [3.63, 3.8) is 0 Å². The molecule has 23 heavy (non-hydrogen) atoms. The van der Waals surface area contributed by atoms with Crippen LogP contribution in [0.15, 0.2) is 11.2 Å². The van der Waals surface area contributed by atoms with E-state index in [2.05, 4.69) is 34.2 Å². The molecule has 0 spiro atoms. The summed E-state index contributed by atoms with van der Waals surface area (Å²) < 4.78 is 0. The molecule has 0 amide bonds. The molecule has 1 N–H and O–H groups in total. The van der Waals surface area contributed by atoms with Crippen molar-refractivity contribution >= 4 is 28.6 Å². The van der Waals surface area contributed by atoms with Crippen LogP contribution in [-0.4, -0.2) is 34.9 Å². The Kier molecular flexibility index (Phi) is 5.27. The smallest absolute Gasteiger partial charge is 0.194 e. The Hall–Kier alpha value is -1.47. The van der Waals surface area contributed by atoms with Gasteiger partial charge in [0.2, 0.25) is 0 Å². The second kappa shape index (κ2) is 7.40. The minimum atomic E-state index is 0.712. The molecule has 1 aliphatic rings. The third-order valence-corrected chi connectivity index (χ3v) is 5.96. The van der Waals surface area contributed by atoms with Crippen molar-refractivity contribution in [2.75, 3.05) is 14.1 Å². The number of nitrogens with one attached hydrogen (secondary N) is 1. The van der Waals surface area contributed by atoms with E-state index in [9.17, 15) is 0 Å². The van der Waals surface area contributed by atoms with E-state index in [1.165, 1.54) is 39.7 Å². The van der Waals surface area contributed by atoms with Gasteiger partial charge in [0, 0.05) is 30.0 Å². The molecule has 2 aromatic rings. The number of hydrogen-bond acceptors (Lipinski definition) is 5. The van der Waals surface area contributed by atoms with E-state index in [4.69, 9.17) is 4.98 Å². The van der Waals surface area contributed by atoms with Crippen molar-refractivity contribution in [1.29, 1.82) is 0 Å². The SMILES string of the molecule is CN=C(NCc1ncc(C)s1)N(C)Cc1nc2c(s1)CCCC2. The summed E-state index contributed by atoms with van der Waals surface area (Å²) >= 11 is 3.58. The largest absolute Gasteiger partial charge is 0.350 e. The molecule has 0 radical (unpaired) electrons. The predicted molar refractivity (Wildman–Crippen MR) is 97.3 cm³/mol. The maximum absolute atomic E-state index is 4.81. The molecular weight excluding hydrogens is 326 g/mol. The Balaban J connectivity index is 1.59. The van der Waals surface area contributed by atoms with Crippen LogP contribution in [0.3, 0.4) is 0 Å². The summed E-state index contributed by atoms with van der Waals surface area (Å²) in [4.78, 5) is 18.4. The van der Waals surface area contributed by atoms with Gasteiger partial charge in [-0.3, -0.25) is 4.99 Å². The monoisotopic (exact) mass is 349 g/mol. The van der Waals surface area contributed by atoms with Crippen molar-refractivity contribution < 1.29 is 0 Å². The van der Waals surface area contributed by atoms with Crippen LogP contribution in [0.5, 0.6) is 0 Å². The Labute approximate surface area is 145 Å². The van der Waals surface area contributed by atoms with Crippen LogP contribution in [0.1, 0.15) is 38.3 Å². The lowest BCUT2D eigenvalue weighted by Crippen LogP contribution is -2.38. The molecule has 0 aliphatic heterocycles. The van der Waals surface area contributed by atoms with E-state index >= 15 is 0 Å². The molecule has 3 rings (SSSR count). The fourth-order valence-corrected chi connectivity index (χ4v) is 4.71. The van der Waals surface area contributed by atoms with E-state index < -0.39 is 0 Å². The van der Waals surface area contributed by atoms with Crippen LogP contribution in [0.2, 0.25) is 0 Å². The van der Waals surface area contributed by atoms with Crippen molar-refractivity contribution in [2.24, 2.45) is 4.99 Å². The van der Waals surface area contributed by atoms with E-state index in [1.807, 2.05) is 24.6 Å². The summed E-state index contributed by atoms with van der Waals surface area (Å²) in [7, 11) is 3.88. The first kappa shape index (κ1) is 16.4. The van der Waals surface area contributed by atoms with Crippen molar-refractivity contribution in [2.45, 2.75) is 45.7 Å². The normalized spacial score (nSPS) is 14.7. The predicted octanol–water partition coefficient (Wildman–Crippen LogP) is 2.99. The second-order valence-corrected chi connectivity index (χ2v) is 8.29. The van der Waals surface area contributed by atoms with Gasteiger partial charge >= 0.3 is 0 Å². The number of hydrogen-bond donors (Lipinski definition) is 1. The molecule has 0 atom stereocenters. The summed E-state index contributed by atoms with van der Waals surface area (Å²) in [6.07, 6.45) is 6.84. The fourth-order valence-electron chi connectivity index (χ4n) is 2.77. The number of thiazole rings is 2. The minimum absolute atomic E-state index is 0.712. The Morgan fingerprint density at radius 1 is 1.30 bits per heavy atom. The average molecular weight is 350 g/mol. The van der Waals surface area contributed by atoms with Crippen molar-refractivity contribution in [1.82, 2.24) is 20.2 Å². The molecule has 2 aromatic heterocycles. The second-order valence-electron chi connectivity index (χ2n) is 5.81. The molecule has 0 saturated heterocycles. The third kappa shape index (κ3) is 4.09. The number of nitrogens with zero attached hydrogens (tertiary/aromatic N) is 4. The van der Waals surface area contributed by atoms with E-state index in [-0.39, 0.29) is 0 Å². The quantitative estimate of drug-likeness (QED) is 0.681. The number of rotatable bonds is 4. The number of aliphatic imine (C=N–C) groups is 1. The Morgan fingerprint density at radius 3 is 2.83 bits per heavy atom. The van der Waals surface area contributed by atoms with Crippen molar-refractivity contribution in [3.05, 3.63) is 31.7 Å². The highest BCUT2D eigenvalue weighted by Gasteiger charge is 2.17. The first-order valence-electron chi connectivity index (χ1n) is 7.96. The standard InChI is InChI=1S/C16H23N5S2/c1-11-8-18-14(22-11)9-19-16(17-2)21(3)10-15-20-12-6-4-5-7-13(12)23-15/h8H,4-7,9-10H2,1-3H3,(H,17,19). The molecule has 0 bridgehead atoms. The first-order chi connectivity index (χ1) is 11.2. The minimum Gasteiger partial charge on any atom is -0.350 e. The van der Waals surface area contributed by atoms with Gasteiger partial charge in [-0.2, -0.15) is 0 Å². The Morgan fingerprint density at radius 2 is 2.13 bits per heavy atom. The summed E-state index contributed by atoms with van der Waals surface area (Å²) in [5.41, 5.74) is 1.32. The molecule has 1 aliphatic carbocycles. The summed E-state index contributed by atoms with van der Waals surface area (Å²) in [5, 5.41) is 5.65. The highest BCUT2D eigenvalue weighted by atomic mass is 32.1. The van der Waals surface area contributed by atoms with Crippen molar-refractivity contribution in [3.8, 4) is 0 Å². The fraction of sp³-hybridized carbons (Fsp3) is 0.562. The highest BCUT2D eigenvalue weighted by molar-refractivity contribution is 7.11. The van der Waals surface area contributed by atoms with Crippen LogP contribution < -0.4 is 5.32 Å². The number of aromatic nitrogens is 2. The van der Waals surface area contributed by atoms with Gasteiger partial charge in [0.1, 0.15) is 10.0 Å². The first-order valence-corrected chi connectivity index (χ1v) is 9.59. The van der Waals surface area contributed by atoms with Crippen LogP contribution >= 0.6 is 22.7 Å². The molecule has 7 heteroatoms. The topological polar surface area (TPSA) is 53.4 Å². The summed E-state index contributed by atoms with van der Waals surface area (Å²) in [6.45, 7) is 3.59. The van der Waals surface area contributed by atoms with Gasteiger partial charge in [0.25, 0.3) is 0 Å². The molecule has 0 fully saturated rings. The maximum atomic E-state index is 4.81. The maximum Gasteiger partial charge on any atom is 0.194 e. The zero-order valence-corrected chi connectivity index (χ0v) is 15.6. The molecule has 2 heterocycles.